The summed E-state index contributed by atoms with van der Waals surface area (Å²) in [7, 11) is 0. The zero-order chi connectivity index (χ0) is 24.3. The fourth-order valence-electron chi connectivity index (χ4n) is 1.73. The summed E-state index contributed by atoms with van der Waals surface area (Å²) in [4.78, 5) is 20.2. The quantitative estimate of drug-likeness (QED) is 0.117. The number of carbonyl (C=O) groups excluding carboxylic acids is 2. The Labute approximate surface area is 190 Å². The normalized spacial score (nSPS) is 20.8. The van der Waals surface area contributed by atoms with Crippen LogP contribution in [0.2, 0.25) is 0 Å². The number of aliphatic carboxylic acids is 2. The van der Waals surface area contributed by atoms with E-state index >= 15 is 0 Å². The van der Waals surface area contributed by atoms with Crippen molar-refractivity contribution in [2.75, 3.05) is 13.2 Å². The van der Waals surface area contributed by atoms with Crippen molar-refractivity contribution >= 4 is 35.0 Å². The van der Waals surface area contributed by atoms with Crippen molar-refractivity contribution in [3.8, 4) is 0 Å². The van der Waals surface area contributed by atoms with Crippen LogP contribution < -0.4 is 10.2 Å². The summed E-state index contributed by atoms with van der Waals surface area (Å²) in [6.07, 6.45) is -21.0. The van der Waals surface area contributed by atoms with Crippen LogP contribution >= 0.6 is 0 Å². The Balaban J connectivity index is -0.000000490. The largest absolute Gasteiger partial charge is 2.00 e. The van der Waals surface area contributed by atoms with Crippen LogP contribution in [0.3, 0.4) is 0 Å². The van der Waals surface area contributed by atoms with Gasteiger partial charge >= 0.3 is 23.1 Å². The van der Waals surface area contributed by atoms with Gasteiger partial charge in [0.25, 0.3) is 0 Å². The first-order valence-corrected chi connectivity index (χ1v) is 8.09. The molecule has 180 valence electrons. The maximum Gasteiger partial charge on any atom is 2.00 e. The number of carboxylic acid groups (broad SMARTS) is 2. The fraction of sp³-hybridized carbons (Fsp3) is 0.857. The Hall–Kier alpha value is -0.774. The van der Waals surface area contributed by atoms with Gasteiger partial charge in [-0.25, -0.2) is 0 Å². The predicted molar refractivity (Wildman–Crippen MR) is 90.0 cm³/mol. The van der Waals surface area contributed by atoms with Gasteiger partial charge in [-0.3, -0.25) is 0 Å². The van der Waals surface area contributed by atoms with Crippen LogP contribution in [0, 0.1) is 0 Å². The van der Waals surface area contributed by atoms with Gasteiger partial charge in [0.1, 0.15) is 61.0 Å². The molecule has 10 atom stereocenters. The Bertz CT molecular complexity index is 465. The van der Waals surface area contributed by atoms with Gasteiger partial charge in [0, 0.05) is 0 Å². The van der Waals surface area contributed by atoms with Crippen molar-refractivity contribution in [1.29, 1.82) is 0 Å². The van der Waals surface area contributed by atoms with Crippen LogP contribution in [0.1, 0.15) is 0 Å². The van der Waals surface area contributed by atoms with Crippen LogP contribution in [0.15, 0.2) is 0 Å². The number of hydrogen-bond donors (Lipinski definition) is 12. The SMILES string of the molecule is O=C([O-])[C@H](O)[C@H](O)[C@@H](O)[C@H](O)[C@H](O)CO.O=C([O-])[C@H](O)[C@H](O)[C@@H](O)[C@H](O)[C@H](O)CO.[Mg+2]. The number of aliphatic hydroxyl groups excluding tert-OH is 12. The molecular formula is C14H26MgO16. The number of aliphatic hydroxyl groups is 12. The average Bonchev–Trinajstić information content (AvgIpc) is 2.73. The maximum atomic E-state index is 10.1. The zero-order valence-corrected chi connectivity index (χ0v) is 17.3. The Morgan fingerprint density at radius 3 is 0.903 bits per heavy atom. The van der Waals surface area contributed by atoms with Crippen molar-refractivity contribution in [2.45, 2.75) is 61.0 Å². The van der Waals surface area contributed by atoms with E-state index in [1.54, 1.807) is 0 Å². The van der Waals surface area contributed by atoms with E-state index < -0.39 is 86.2 Å². The van der Waals surface area contributed by atoms with E-state index in [0.717, 1.165) is 0 Å². The molecule has 0 aromatic heterocycles. The van der Waals surface area contributed by atoms with Gasteiger partial charge in [-0.15, -0.1) is 0 Å². The van der Waals surface area contributed by atoms with E-state index in [1.165, 1.54) is 0 Å². The molecule has 0 bridgehead atoms. The molecule has 0 heterocycles. The van der Waals surface area contributed by atoms with E-state index in [9.17, 15) is 19.8 Å². The number of carbonyl (C=O) groups is 2. The number of hydrogen-bond acceptors (Lipinski definition) is 16. The van der Waals surface area contributed by atoms with Crippen molar-refractivity contribution < 1.29 is 81.1 Å². The van der Waals surface area contributed by atoms with Gasteiger partial charge in [0.15, 0.2) is 0 Å². The van der Waals surface area contributed by atoms with Gasteiger partial charge in [-0.05, 0) is 0 Å². The summed E-state index contributed by atoms with van der Waals surface area (Å²) in [5, 5.41) is 126. The Morgan fingerprint density at radius 2 is 0.742 bits per heavy atom. The van der Waals surface area contributed by atoms with Gasteiger partial charge in [-0.1, -0.05) is 0 Å². The van der Waals surface area contributed by atoms with E-state index in [0.29, 0.717) is 0 Å². The van der Waals surface area contributed by atoms with Gasteiger partial charge in [0.05, 0.1) is 25.2 Å². The van der Waals surface area contributed by atoms with Crippen LogP contribution in [-0.4, -0.2) is 171 Å². The smallest absolute Gasteiger partial charge is 0.547 e. The van der Waals surface area contributed by atoms with Crippen LogP contribution in [0.4, 0.5) is 0 Å². The first-order chi connectivity index (χ1) is 13.6. The molecule has 16 nitrogen and oxygen atoms in total. The molecule has 0 saturated heterocycles. The van der Waals surface area contributed by atoms with Crippen LogP contribution in [-0.2, 0) is 9.59 Å². The molecular weight excluding hydrogens is 448 g/mol. The van der Waals surface area contributed by atoms with Crippen molar-refractivity contribution in [3.05, 3.63) is 0 Å². The minimum Gasteiger partial charge on any atom is -0.547 e. The second kappa shape index (κ2) is 16.8. The molecule has 0 aromatic rings. The number of carboxylic acids is 2. The topological polar surface area (TPSA) is 323 Å². The molecule has 31 heavy (non-hydrogen) atoms. The summed E-state index contributed by atoms with van der Waals surface area (Å²) in [5.74, 6) is -4.07. The van der Waals surface area contributed by atoms with Gasteiger partial charge in [0.2, 0.25) is 0 Å². The second-order valence-electron chi connectivity index (χ2n) is 5.97. The van der Waals surface area contributed by atoms with Crippen LogP contribution in [0.5, 0.6) is 0 Å². The van der Waals surface area contributed by atoms with E-state index in [4.69, 9.17) is 61.3 Å². The van der Waals surface area contributed by atoms with Crippen molar-refractivity contribution in [3.63, 3.8) is 0 Å². The third-order valence-electron chi connectivity index (χ3n) is 3.69. The predicted octanol–water partition coefficient (Wildman–Crippen LogP) is -11.3. The monoisotopic (exact) mass is 474 g/mol. The summed E-state index contributed by atoms with van der Waals surface area (Å²) < 4.78 is 0. The fourth-order valence-corrected chi connectivity index (χ4v) is 1.73. The molecule has 0 saturated carbocycles. The maximum absolute atomic E-state index is 10.1. The Kier molecular flexibility index (Phi) is 18.9. The molecule has 0 aliphatic carbocycles. The third kappa shape index (κ3) is 11.6. The summed E-state index contributed by atoms with van der Waals surface area (Å²) in [5.41, 5.74) is 0. The molecule has 0 radical (unpaired) electrons. The molecule has 17 heteroatoms. The first-order valence-electron chi connectivity index (χ1n) is 8.09. The minimum absolute atomic E-state index is 0. The molecule has 0 amide bonds. The van der Waals surface area contributed by atoms with Crippen molar-refractivity contribution in [2.24, 2.45) is 0 Å². The third-order valence-corrected chi connectivity index (χ3v) is 3.69. The average molecular weight is 475 g/mol. The zero-order valence-electron chi connectivity index (χ0n) is 15.9. The van der Waals surface area contributed by atoms with E-state index in [2.05, 4.69) is 0 Å². The molecule has 0 aromatic carbocycles. The van der Waals surface area contributed by atoms with E-state index in [1.807, 2.05) is 0 Å². The minimum atomic E-state index is -2.40. The Morgan fingerprint density at radius 1 is 0.516 bits per heavy atom. The molecule has 0 spiro atoms. The van der Waals surface area contributed by atoms with Gasteiger partial charge in [-0.2, -0.15) is 0 Å². The van der Waals surface area contributed by atoms with Gasteiger partial charge < -0.3 is 81.1 Å². The standard InChI is InChI=1S/2C7H14O8.Mg/c2*8-1-2(9)3(10)4(11)5(12)6(13)7(14)15;/h2*2-6,8-13H,1H2,(H,14,15);/q;;+2/p-2/t2*2-,3-,4+,5-,6-;/m11./s1. The molecule has 0 aliphatic rings. The molecule has 0 aliphatic heterocycles. The second-order valence-corrected chi connectivity index (χ2v) is 5.97. The summed E-state index contributed by atoms with van der Waals surface area (Å²) in [6.45, 7) is -1.79. The summed E-state index contributed by atoms with van der Waals surface area (Å²) in [6, 6.07) is 0. The van der Waals surface area contributed by atoms with Crippen LogP contribution in [0.25, 0.3) is 0 Å². The van der Waals surface area contributed by atoms with E-state index in [-0.39, 0.29) is 23.1 Å². The molecule has 0 fully saturated rings. The summed E-state index contributed by atoms with van der Waals surface area (Å²) >= 11 is 0. The van der Waals surface area contributed by atoms with Crippen molar-refractivity contribution in [1.82, 2.24) is 0 Å². The molecule has 12 N–H and O–H groups in total. The molecule has 0 rings (SSSR count). The molecule has 0 unspecified atom stereocenters. The number of rotatable bonds is 12. The first kappa shape index (κ1) is 34.8.